The highest BCUT2D eigenvalue weighted by molar-refractivity contribution is 7.70. The number of ether oxygens (including phenoxy) is 3. The van der Waals surface area contributed by atoms with Crippen LogP contribution < -0.4 is 17.2 Å². The lowest BCUT2D eigenvalue weighted by atomic mass is 10.1. The van der Waals surface area contributed by atoms with Gasteiger partial charge in [-0.05, 0) is 0 Å². The van der Waals surface area contributed by atoms with E-state index in [0.717, 1.165) is 51.7 Å². The molecule has 530 valence electrons. The first-order valence-corrected chi connectivity index (χ1v) is 38.9. The molecule has 20 atom stereocenters. The topological polar surface area (TPSA) is 718 Å². The SMILES string of the molecule is Nc1ncnc2c1ncn2[C@@H]1O[C@H](COP2(=O)ON(OP3(=O)ON4OP(=O)(OC[C@H]5O[C@@H](n6cnc7c(N)ncnc76)[C@H](O)[C@@H]5O)OP(=O)(O4)O3)OP(=O)(OP3(=O)ON(OP(=O)(OC[C@H]4O[C@@H](n5cnc6c(N)ncnc65)[C@H](O)[C@@H]4O)OP4(=O)ON5OP(=O)(O5)O4)O3)O2)[C@@H](O)[C@H]1O. The smallest absolute Gasteiger partial charge is 0.387 e. The van der Waals surface area contributed by atoms with Gasteiger partial charge in [0.1, 0.15) is 112 Å². The Balaban J connectivity index is 0.641. The molecule has 0 aromatic carbocycles. The van der Waals surface area contributed by atoms with Crippen molar-refractivity contribution >= 4 is 121 Å². The Morgan fingerprint density at radius 3 is 1.30 bits per heavy atom. The molecule has 0 aliphatic carbocycles. The zero-order valence-corrected chi connectivity index (χ0v) is 54.1. The predicted octanol–water partition coefficient (Wildman–Crippen LogP) is -0.299. The maximum Gasteiger partial charge on any atom is 0.524 e. The molecule has 16 rings (SSSR count). The van der Waals surface area contributed by atoms with Gasteiger partial charge in [-0.2, -0.15) is 25.9 Å². The summed E-state index contributed by atoms with van der Waals surface area (Å²) in [4.78, 5) is 35.5. The van der Waals surface area contributed by atoms with Crippen LogP contribution in [-0.4, -0.2) is 186 Å². The summed E-state index contributed by atoms with van der Waals surface area (Å²) >= 11 is 0. The van der Waals surface area contributed by atoms with Crippen molar-refractivity contribution in [3.8, 4) is 0 Å². The number of phosphoric acid groups is 9. The Morgan fingerprint density at radius 1 is 0.433 bits per heavy atom. The van der Waals surface area contributed by atoms with Crippen LogP contribution in [0.5, 0.6) is 0 Å². The third-order valence-corrected chi connectivity index (χ3v) is 28.4. The number of rotatable bonds is 20. The molecule has 0 radical (unpaired) electrons. The molecule has 0 saturated carbocycles. The lowest BCUT2D eigenvalue weighted by Crippen LogP contribution is -2.38. The average Bonchev–Trinajstić information content (AvgIpc) is 1.57. The number of hydrogen-bond acceptors (Lipinski definition) is 55. The summed E-state index contributed by atoms with van der Waals surface area (Å²) in [5, 5.41) is 63.3. The van der Waals surface area contributed by atoms with Crippen LogP contribution in [0.2, 0.25) is 0 Å². The average molecular weight is 1570 g/mol. The first kappa shape index (κ1) is 68.5. The fourth-order valence-electron chi connectivity index (χ4n) is 9.25. The van der Waals surface area contributed by atoms with E-state index in [1.54, 1.807) is 0 Å². The summed E-state index contributed by atoms with van der Waals surface area (Å²) in [6, 6.07) is 0. The number of nitrogens with zero attached hydrogens (tertiary/aromatic N) is 16. The molecule has 16 heterocycles. The molecular weight excluding hydrogens is 1530 g/mol. The number of anilines is 3. The molecule has 97 heavy (non-hydrogen) atoms. The number of fused-ring (bicyclic) bond motifs is 7. The second kappa shape index (κ2) is 24.5. The van der Waals surface area contributed by atoms with Crippen molar-refractivity contribution in [2.45, 2.75) is 73.6 Å². The first-order chi connectivity index (χ1) is 45.7. The van der Waals surface area contributed by atoms with Gasteiger partial charge in [0, 0.05) is 0 Å². The lowest BCUT2D eigenvalue weighted by molar-refractivity contribution is -0.496. The molecule has 6 aromatic rings. The molecule has 10 saturated heterocycles. The first-order valence-electron chi connectivity index (χ1n) is 25.7. The maximum absolute atomic E-state index is 14.5. The van der Waals surface area contributed by atoms with Crippen molar-refractivity contribution in [1.29, 1.82) is 0 Å². The number of nitrogen functional groups attached to an aromatic ring is 3. The van der Waals surface area contributed by atoms with Crippen LogP contribution in [-0.2, 0) is 150 Å². The molecular formula is C30H36N19O39P9. The van der Waals surface area contributed by atoms with E-state index in [2.05, 4.69) is 67.7 Å². The molecule has 12 N–H and O–H groups in total. The minimum atomic E-state index is -6.39. The van der Waals surface area contributed by atoms with Gasteiger partial charge in [0.25, 0.3) is 0 Å². The van der Waals surface area contributed by atoms with E-state index in [4.69, 9.17) is 104 Å². The third-order valence-electron chi connectivity index (χ3n) is 13.4. The maximum atomic E-state index is 14.5. The van der Waals surface area contributed by atoms with Crippen LogP contribution in [0.4, 0.5) is 17.5 Å². The number of nitrogens with two attached hydrogens (primary N) is 3. The number of aliphatic hydroxyl groups excluding tert-OH is 6. The van der Waals surface area contributed by atoms with Crippen molar-refractivity contribution in [2.24, 2.45) is 0 Å². The fraction of sp³-hybridized carbons (Fsp3) is 0.500. The Bertz CT molecular complexity index is 4600. The Hall–Kier alpha value is -4.24. The molecule has 10 fully saturated rings. The summed E-state index contributed by atoms with van der Waals surface area (Å²) in [7, 11) is -52.2. The van der Waals surface area contributed by atoms with E-state index >= 15 is 0 Å². The van der Waals surface area contributed by atoms with Gasteiger partial charge in [-0.15, -0.1) is 55.5 Å². The van der Waals surface area contributed by atoms with Crippen molar-refractivity contribution in [3.05, 3.63) is 38.0 Å². The highest BCUT2D eigenvalue weighted by Gasteiger charge is 2.68. The van der Waals surface area contributed by atoms with Crippen molar-refractivity contribution in [1.82, 2.24) is 80.1 Å². The Kier molecular flexibility index (Phi) is 17.3. The van der Waals surface area contributed by atoms with Gasteiger partial charge in [-0.25, -0.2) is 85.9 Å². The highest BCUT2D eigenvalue weighted by Crippen LogP contribution is 2.84. The zero-order valence-electron chi connectivity index (χ0n) is 46.1. The quantitative estimate of drug-likeness (QED) is 0.0443. The van der Waals surface area contributed by atoms with Crippen molar-refractivity contribution < 1.29 is 181 Å². The molecule has 58 nitrogen and oxygen atoms in total. The van der Waals surface area contributed by atoms with Crippen LogP contribution in [0.3, 0.4) is 0 Å². The van der Waals surface area contributed by atoms with Crippen LogP contribution in [0.15, 0.2) is 38.0 Å². The van der Waals surface area contributed by atoms with Gasteiger partial charge in [0.15, 0.2) is 53.1 Å². The molecule has 10 aliphatic rings. The normalized spacial score (nSPS) is 41.9. The van der Waals surface area contributed by atoms with E-state index in [-0.39, 0.29) is 56.3 Å². The van der Waals surface area contributed by atoms with Crippen molar-refractivity contribution in [2.75, 3.05) is 37.0 Å². The second-order valence-corrected chi connectivity index (χ2v) is 34.4. The minimum Gasteiger partial charge on any atom is -0.387 e. The number of aromatic nitrogens is 12. The monoisotopic (exact) mass is 1560 g/mol. The Labute approximate surface area is 529 Å². The van der Waals surface area contributed by atoms with E-state index < -0.39 is 180 Å². The second-order valence-electron chi connectivity index (χ2n) is 19.7. The largest absolute Gasteiger partial charge is 0.524 e. The molecule has 8 unspecified atom stereocenters. The van der Waals surface area contributed by atoms with Crippen LogP contribution in [0, 0.1) is 0 Å². The van der Waals surface area contributed by atoms with E-state index in [1.165, 1.54) is 0 Å². The van der Waals surface area contributed by atoms with Gasteiger partial charge < -0.3 is 62.1 Å². The standard InChI is InChI=1S/C30H36N19O39P9/c31-22-13-25(37-4-34-22)43(7-40-13)28-19(53)16(50)10(68-28)1-65-89(56,83-97(64)82-49-78-94(61,79-49)88-97)71-46-74-92(59,75-46)86-95(62)80-47(72-90(57,84-95)66-2-11-17(51)20(54)29(69-11)44-8-41-14-23(32)35-5-38-26(14)44)76-93(60)77-48-73-91(58,85-96(63,81-48)87-93)67-3-12-18(52)21(55)30(70-12)45-9-42-15-24(33)36-6-39-27(15)45/h4-12,16-21,28-30,50-55H,1-3H2,(H2,31,34,37)(H2,32,35,38)(H2,33,36,39)/t10-,11-,12-,16-,17-,18-,19-,20-,21-,28-,29-,30-,89?,90?,91?,93?,95?,96?,97?/m1/s1. The summed E-state index contributed by atoms with van der Waals surface area (Å²) in [6.45, 7) is -3.65. The van der Waals surface area contributed by atoms with Crippen molar-refractivity contribution in [3.63, 3.8) is 0 Å². The minimum absolute atomic E-state index is 0.00848. The lowest BCUT2D eigenvalue weighted by Gasteiger charge is -2.40. The third kappa shape index (κ3) is 13.0. The summed E-state index contributed by atoms with van der Waals surface area (Å²) in [5.41, 5.74) is 17.6. The molecule has 0 amide bonds. The summed E-state index contributed by atoms with van der Waals surface area (Å²) < 4.78 is 245. The predicted molar refractivity (Wildman–Crippen MR) is 280 cm³/mol. The van der Waals surface area contributed by atoms with Gasteiger partial charge in [-0.3, -0.25) is 27.3 Å². The van der Waals surface area contributed by atoms with Crippen LogP contribution in [0.25, 0.3) is 33.5 Å². The zero-order chi connectivity index (χ0) is 68.4. The fourth-order valence-corrected chi connectivity index (χ4v) is 23.0. The van der Waals surface area contributed by atoms with Gasteiger partial charge in [0.2, 0.25) is 0 Å². The molecule has 4 bridgehead atoms. The number of imidazole rings is 3. The van der Waals surface area contributed by atoms with Crippen LogP contribution in [0.1, 0.15) is 18.7 Å². The highest BCUT2D eigenvalue weighted by atomic mass is 31.3. The van der Waals surface area contributed by atoms with Gasteiger partial charge in [-0.1, -0.05) is 0 Å². The van der Waals surface area contributed by atoms with Gasteiger partial charge >= 0.3 is 70.4 Å². The number of aliphatic hydroxyl groups is 6. The van der Waals surface area contributed by atoms with E-state index in [0.29, 0.717) is 0 Å². The molecule has 0 spiro atoms. The summed E-state index contributed by atoms with van der Waals surface area (Å²) in [5.74, 6) is -0.277. The Morgan fingerprint density at radius 2 is 0.825 bits per heavy atom. The summed E-state index contributed by atoms with van der Waals surface area (Å²) in [6.07, 6.45) is -15.0. The molecule has 67 heteroatoms. The molecule has 6 aromatic heterocycles. The van der Waals surface area contributed by atoms with Gasteiger partial charge in [0.05, 0.1) is 38.8 Å². The van der Waals surface area contributed by atoms with E-state index in [1.807, 2.05) is 0 Å². The van der Waals surface area contributed by atoms with Crippen LogP contribution >= 0.6 is 70.4 Å². The molecule has 10 aliphatic heterocycles. The number of hydrogen-bond donors (Lipinski definition) is 9. The van der Waals surface area contributed by atoms with E-state index in [9.17, 15) is 71.7 Å².